The molecule has 94 valence electrons. The van der Waals surface area contributed by atoms with Crippen molar-refractivity contribution >= 4 is 45.4 Å². The standard InChI is InChI=1S/C10H12BrNO4S.Na/c1-10(2)6(9(15)16)12-7(14)5(4(13)3-11)8(12)17-10;/h5-6,8H,3H2,1-2H3,(H,15,16);/q;+1/p-1/t5?,6-,8+;/m0./s1. The quantitative estimate of drug-likeness (QED) is 0.229. The maximum absolute atomic E-state index is 11.8. The Balaban J connectivity index is 0.00000162. The summed E-state index contributed by atoms with van der Waals surface area (Å²) in [5.74, 6) is -2.56. The van der Waals surface area contributed by atoms with Crippen molar-refractivity contribution in [1.29, 1.82) is 0 Å². The molecular formula is C10H11BrNNaO4S. The van der Waals surface area contributed by atoms with Gasteiger partial charge in [-0.05, 0) is 13.8 Å². The number of carbonyl (C=O) groups excluding carboxylic acids is 3. The Labute approximate surface area is 139 Å². The number of alkyl halides is 1. The molecule has 2 aliphatic rings. The normalized spacial score (nSPS) is 32.3. The summed E-state index contributed by atoms with van der Waals surface area (Å²) < 4.78 is -0.625. The summed E-state index contributed by atoms with van der Waals surface area (Å²) in [4.78, 5) is 35.7. The summed E-state index contributed by atoms with van der Waals surface area (Å²) in [6, 6.07) is -0.954. The number of carboxylic acid groups (broad SMARTS) is 1. The number of carbonyl (C=O) groups is 3. The van der Waals surface area contributed by atoms with Crippen molar-refractivity contribution in [2.45, 2.75) is 30.0 Å². The predicted octanol–water partition coefficient (Wildman–Crippen LogP) is -3.62. The van der Waals surface area contributed by atoms with Gasteiger partial charge in [-0.1, -0.05) is 15.9 Å². The van der Waals surface area contributed by atoms with Crippen molar-refractivity contribution in [1.82, 2.24) is 4.90 Å². The second kappa shape index (κ2) is 5.44. The summed E-state index contributed by atoms with van der Waals surface area (Å²) in [5, 5.41) is 10.8. The molecule has 0 saturated carbocycles. The molecule has 0 N–H and O–H groups in total. The van der Waals surface area contributed by atoms with E-state index in [1.807, 2.05) is 0 Å². The molecule has 0 bridgehead atoms. The van der Waals surface area contributed by atoms with Crippen LogP contribution in [0.3, 0.4) is 0 Å². The van der Waals surface area contributed by atoms with Crippen LogP contribution in [0.15, 0.2) is 0 Å². The molecule has 1 amide bonds. The van der Waals surface area contributed by atoms with Crippen LogP contribution in [0.5, 0.6) is 0 Å². The van der Waals surface area contributed by atoms with Gasteiger partial charge >= 0.3 is 29.6 Å². The summed E-state index contributed by atoms with van der Waals surface area (Å²) in [7, 11) is 0. The number of β-lactam (4-membered cyclic amide) rings is 1. The van der Waals surface area contributed by atoms with E-state index in [0.29, 0.717) is 0 Å². The van der Waals surface area contributed by atoms with E-state index in [1.54, 1.807) is 13.8 Å². The van der Waals surface area contributed by atoms with Crippen molar-refractivity contribution in [2.75, 3.05) is 5.33 Å². The van der Waals surface area contributed by atoms with Crippen LogP contribution in [0.25, 0.3) is 0 Å². The van der Waals surface area contributed by atoms with E-state index in [-0.39, 0.29) is 46.0 Å². The van der Waals surface area contributed by atoms with Crippen LogP contribution in [-0.2, 0) is 14.4 Å². The summed E-state index contributed by atoms with van der Waals surface area (Å²) >= 11 is 4.38. The fourth-order valence-corrected chi connectivity index (χ4v) is 4.43. The molecule has 0 radical (unpaired) electrons. The molecule has 2 rings (SSSR count). The fourth-order valence-electron chi connectivity index (χ4n) is 2.37. The van der Waals surface area contributed by atoms with Gasteiger partial charge in [0.1, 0.15) is 5.92 Å². The van der Waals surface area contributed by atoms with E-state index in [4.69, 9.17) is 0 Å². The number of aliphatic carboxylic acids is 1. The van der Waals surface area contributed by atoms with Crippen molar-refractivity contribution in [3.05, 3.63) is 0 Å². The number of nitrogens with zero attached hydrogens (tertiary/aromatic N) is 1. The second-order valence-corrected chi connectivity index (χ2v) is 6.99. The second-order valence-electron chi connectivity index (χ2n) is 4.66. The van der Waals surface area contributed by atoms with Crippen LogP contribution < -0.4 is 34.7 Å². The first kappa shape index (κ1) is 16.5. The van der Waals surface area contributed by atoms with Gasteiger partial charge in [-0.15, -0.1) is 11.8 Å². The Morgan fingerprint density at radius 2 is 2.06 bits per heavy atom. The minimum absolute atomic E-state index is 0. The largest absolute Gasteiger partial charge is 1.00 e. The number of thioether (sulfide) groups is 1. The van der Waals surface area contributed by atoms with Gasteiger partial charge in [-0.3, -0.25) is 9.59 Å². The first-order valence-corrected chi connectivity index (χ1v) is 7.11. The van der Waals surface area contributed by atoms with Crippen molar-refractivity contribution in [3.63, 3.8) is 0 Å². The number of hydrogen-bond donors (Lipinski definition) is 0. The molecule has 2 heterocycles. The molecule has 2 fully saturated rings. The summed E-state index contributed by atoms with van der Waals surface area (Å²) in [6.07, 6.45) is 0. The van der Waals surface area contributed by atoms with E-state index >= 15 is 0 Å². The SMILES string of the molecule is CC1(C)S[C@@H]2C(C(=O)CBr)C(=O)N2[C@H]1C(=O)[O-].[Na+]. The zero-order chi connectivity index (χ0) is 13.0. The van der Waals surface area contributed by atoms with Crippen LogP contribution >= 0.6 is 27.7 Å². The predicted molar refractivity (Wildman–Crippen MR) is 63.4 cm³/mol. The number of hydrogen-bond acceptors (Lipinski definition) is 5. The maximum atomic E-state index is 11.8. The Kier molecular flexibility index (Phi) is 4.98. The minimum Gasteiger partial charge on any atom is -0.548 e. The Bertz CT molecular complexity index is 417. The first-order chi connectivity index (χ1) is 7.81. The maximum Gasteiger partial charge on any atom is 1.00 e. The van der Waals surface area contributed by atoms with E-state index in [2.05, 4.69) is 15.9 Å². The molecule has 0 spiro atoms. The van der Waals surface area contributed by atoms with Crippen molar-refractivity contribution in [2.24, 2.45) is 5.92 Å². The zero-order valence-electron chi connectivity index (χ0n) is 10.3. The number of ketones is 1. The molecule has 2 saturated heterocycles. The molecule has 5 nitrogen and oxygen atoms in total. The third-order valence-corrected chi connectivity index (χ3v) is 5.27. The van der Waals surface area contributed by atoms with Gasteiger partial charge in [0, 0.05) is 4.75 Å². The van der Waals surface area contributed by atoms with E-state index in [1.165, 1.54) is 16.7 Å². The minimum atomic E-state index is -1.26. The van der Waals surface area contributed by atoms with Crippen molar-refractivity contribution in [3.8, 4) is 0 Å². The average molecular weight is 344 g/mol. The van der Waals surface area contributed by atoms with Crippen LogP contribution in [0.2, 0.25) is 0 Å². The number of rotatable bonds is 3. The van der Waals surface area contributed by atoms with Gasteiger partial charge in [0.15, 0.2) is 5.78 Å². The Morgan fingerprint density at radius 3 is 2.50 bits per heavy atom. The molecule has 1 unspecified atom stereocenters. The van der Waals surface area contributed by atoms with Crippen LogP contribution in [0, 0.1) is 5.92 Å². The monoisotopic (exact) mass is 343 g/mol. The van der Waals surface area contributed by atoms with Gasteiger partial charge in [-0.2, -0.15) is 0 Å². The number of fused-ring (bicyclic) bond motifs is 1. The molecule has 0 aromatic carbocycles. The smallest absolute Gasteiger partial charge is 0.548 e. The van der Waals surface area contributed by atoms with E-state index < -0.39 is 28.6 Å². The molecule has 18 heavy (non-hydrogen) atoms. The van der Waals surface area contributed by atoms with Crippen molar-refractivity contribution < 1.29 is 49.0 Å². The van der Waals surface area contributed by atoms with Crippen LogP contribution in [-0.4, -0.2) is 44.1 Å². The molecule has 3 atom stereocenters. The van der Waals surface area contributed by atoms with E-state index in [9.17, 15) is 19.5 Å². The number of carboxylic acids is 1. The molecule has 2 aliphatic heterocycles. The summed E-state index contributed by atoms with van der Waals surface area (Å²) in [6.45, 7) is 3.50. The Morgan fingerprint density at radius 1 is 1.50 bits per heavy atom. The fraction of sp³-hybridized carbons (Fsp3) is 0.700. The molecule has 0 aromatic rings. The molecule has 0 aromatic heterocycles. The van der Waals surface area contributed by atoms with Gasteiger partial charge in [0.25, 0.3) is 0 Å². The van der Waals surface area contributed by atoms with E-state index in [0.717, 1.165) is 0 Å². The van der Waals surface area contributed by atoms with Gasteiger partial charge in [0.05, 0.1) is 22.7 Å². The zero-order valence-corrected chi connectivity index (χ0v) is 14.7. The molecular weight excluding hydrogens is 333 g/mol. The number of Topliss-reactive ketones (excluding diaryl/α,β-unsaturated/α-hetero) is 1. The number of halogens is 1. The third-order valence-electron chi connectivity index (χ3n) is 3.14. The van der Waals surface area contributed by atoms with Crippen LogP contribution in [0.1, 0.15) is 13.8 Å². The third kappa shape index (κ3) is 2.28. The number of amides is 1. The van der Waals surface area contributed by atoms with Gasteiger partial charge < -0.3 is 14.8 Å². The topological polar surface area (TPSA) is 77.5 Å². The first-order valence-electron chi connectivity index (χ1n) is 5.11. The van der Waals surface area contributed by atoms with Crippen LogP contribution in [0.4, 0.5) is 0 Å². The van der Waals surface area contributed by atoms with Gasteiger partial charge in [-0.25, -0.2) is 0 Å². The van der Waals surface area contributed by atoms with Gasteiger partial charge in [0.2, 0.25) is 5.91 Å². The summed E-state index contributed by atoms with van der Waals surface area (Å²) in [5.41, 5.74) is 0. The molecule has 0 aliphatic carbocycles. The Hall–Kier alpha value is 0.440. The molecule has 8 heteroatoms. The average Bonchev–Trinajstić information content (AvgIpc) is 2.46.